The molecule has 1 amide bonds. The molecule has 1 aliphatic rings. The van der Waals surface area contributed by atoms with Gasteiger partial charge in [-0.25, -0.2) is 0 Å². The average Bonchev–Trinajstić information content (AvgIpc) is 2.93. The van der Waals surface area contributed by atoms with Gasteiger partial charge in [0.25, 0.3) is 0 Å². The van der Waals surface area contributed by atoms with Crippen LogP contribution in [-0.2, 0) is 11.2 Å². The molecule has 0 spiro atoms. The van der Waals surface area contributed by atoms with Crippen LogP contribution in [0.4, 0.5) is 0 Å². The van der Waals surface area contributed by atoms with Crippen LogP contribution in [0.5, 0.6) is 0 Å². The number of carbonyl (C=O) groups excluding carboxylic acids is 1. The average molecular weight is 363 g/mol. The van der Waals surface area contributed by atoms with Gasteiger partial charge < -0.3 is 10.6 Å². The van der Waals surface area contributed by atoms with E-state index in [4.69, 9.17) is 23.2 Å². The number of benzene rings is 2. The Labute approximate surface area is 152 Å². The highest BCUT2D eigenvalue weighted by Crippen LogP contribution is 2.37. The molecule has 0 aromatic heterocycles. The molecule has 126 valence electrons. The molecule has 0 radical (unpaired) electrons. The molecular weight excluding hydrogens is 343 g/mol. The Morgan fingerprint density at radius 1 is 1.21 bits per heavy atom. The number of hydrogen-bond donors (Lipinski definition) is 2. The van der Waals surface area contributed by atoms with Gasteiger partial charge in [0.05, 0.1) is 15.6 Å². The van der Waals surface area contributed by atoms with Crippen molar-refractivity contribution in [2.45, 2.75) is 24.8 Å². The molecule has 0 unspecified atom stereocenters. The Kier molecular flexibility index (Phi) is 5.14. The first-order valence-electron chi connectivity index (χ1n) is 7.98. The third-order valence-corrected chi connectivity index (χ3v) is 5.33. The summed E-state index contributed by atoms with van der Waals surface area (Å²) >= 11 is 12.3. The summed E-state index contributed by atoms with van der Waals surface area (Å²) < 4.78 is 0. The molecule has 1 saturated heterocycles. The first-order valence-corrected chi connectivity index (χ1v) is 8.74. The zero-order chi connectivity index (χ0) is 17.2. The molecule has 24 heavy (non-hydrogen) atoms. The second kappa shape index (κ2) is 7.14. The maximum Gasteiger partial charge on any atom is 0.217 e. The van der Waals surface area contributed by atoms with E-state index in [1.54, 1.807) is 6.92 Å². The van der Waals surface area contributed by atoms with E-state index in [1.165, 1.54) is 5.56 Å². The fraction of sp³-hybridized carbons (Fsp3) is 0.316. The quantitative estimate of drug-likeness (QED) is 0.868. The van der Waals surface area contributed by atoms with Crippen LogP contribution in [0, 0.1) is 0 Å². The Bertz CT molecular complexity index is 735. The van der Waals surface area contributed by atoms with Crippen LogP contribution in [-0.4, -0.2) is 24.5 Å². The SMILES string of the molecule is CC(=O)N[C@]1(Cc2ccccc2)CNC[C@H]1c1ccc(Cl)c(Cl)c1. The largest absolute Gasteiger partial charge is 0.349 e. The van der Waals surface area contributed by atoms with E-state index in [1.807, 2.05) is 36.4 Å². The Balaban J connectivity index is 1.99. The molecule has 3 rings (SSSR count). The second-order valence-corrected chi connectivity index (χ2v) is 7.17. The fourth-order valence-corrected chi connectivity index (χ4v) is 3.90. The number of nitrogens with one attached hydrogen (secondary N) is 2. The minimum Gasteiger partial charge on any atom is -0.349 e. The first kappa shape index (κ1) is 17.3. The van der Waals surface area contributed by atoms with Crippen molar-refractivity contribution in [2.75, 3.05) is 13.1 Å². The van der Waals surface area contributed by atoms with E-state index in [-0.39, 0.29) is 17.4 Å². The summed E-state index contributed by atoms with van der Waals surface area (Å²) in [6.07, 6.45) is 0.755. The van der Waals surface area contributed by atoms with Crippen LogP contribution >= 0.6 is 23.2 Å². The number of hydrogen-bond acceptors (Lipinski definition) is 2. The van der Waals surface area contributed by atoms with Crippen molar-refractivity contribution in [2.24, 2.45) is 0 Å². The van der Waals surface area contributed by atoms with Crippen LogP contribution < -0.4 is 10.6 Å². The predicted molar refractivity (Wildman–Crippen MR) is 98.8 cm³/mol. The van der Waals surface area contributed by atoms with Gasteiger partial charge in [-0.15, -0.1) is 0 Å². The van der Waals surface area contributed by atoms with Crippen LogP contribution in [0.25, 0.3) is 0 Å². The minimum atomic E-state index is -0.385. The summed E-state index contributed by atoms with van der Waals surface area (Å²) in [5, 5.41) is 7.72. The van der Waals surface area contributed by atoms with Gasteiger partial charge in [0.15, 0.2) is 0 Å². The molecule has 0 saturated carbocycles. The van der Waals surface area contributed by atoms with Crippen molar-refractivity contribution >= 4 is 29.1 Å². The standard InChI is InChI=1S/C19H20Cl2N2O/c1-13(24)23-19(10-14-5-3-2-4-6-14)12-22-11-16(19)15-7-8-17(20)18(21)9-15/h2-9,16,22H,10-12H2,1H3,(H,23,24)/t16-,19+/m0/s1. The van der Waals surface area contributed by atoms with Crippen LogP contribution in [0.1, 0.15) is 24.0 Å². The summed E-state index contributed by atoms with van der Waals surface area (Å²) in [5.74, 6) is 0.0936. The highest BCUT2D eigenvalue weighted by atomic mass is 35.5. The number of amides is 1. The Hall–Kier alpha value is -1.55. The molecule has 2 aromatic rings. The van der Waals surface area contributed by atoms with Crippen molar-refractivity contribution < 1.29 is 4.79 Å². The van der Waals surface area contributed by atoms with Crippen molar-refractivity contribution in [1.29, 1.82) is 0 Å². The molecule has 2 atom stereocenters. The van der Waals surface area contributed by atoms with Gasteiger partial charge in [0, 0.05) is 25.9 Å². The molecule has 1 fully saturated rings. The van der Waals surface area contributed by atoms with Gasteiger partial charge in [0.2, 0.25) is 5.91 Å². The van der Waals surface area contributed by atoms with Crippen LogP contribution in [0.2, 0.25) is 10.0 Å². The van der Waals surface area contributed by atoms with E-state index >= 15 is 0 Å². The summed E-state index contributed by atoms with van der Waals surface area (Å²) in [4.78, 5) is 11.9. The fourth-order valence-electron chi connectivity index (χ4n) is 3.60. The third kappa shape index (κ3) is 3.59. The molecule has 0 bridgehead atoms. The maximum absolute atomic E-state index is 11.9. The zero-order valence-electron chi connectivity index (χ0n) is 13.5. The van der Waals surface area contributed by atoms with Gasteiger partial charge in [-0.2, -0.15) is 0 Å². The molecule has 0 aliphatic carbocycles. The summed E-state index contributed by atoms with van der Waals surface area (Å²) in [6.45, 7) is 3.06. The highest BCUT2D eigenvalue weighted by Gasteiger charge is 2.44. The summed E-state index contributed by atoms with van der Waals surface area (Å²) in [6, 6.07) is 15.9. The normalized spacial score (nSPS) is 23.2. The van der Waals surface area contributed by atoms with Crippen molar-refractivity contribution in [3.8, 4) is 0 Å². The Morgan fingerprint density at radius 3 is 2.62 bits per heavy atom. The van der Waals surface area contributed by atoms with Gasteiger partial charge in [0.1, 0.15) is 0 Å². The number of halogens is 2. The number of carbonyl (C=O) groups is 1. The highest BCUT2D eigenvalue weighted by molar-refractivity contribution is 6.42. The first-order chi connectivity index (χ1) is 11.5. The van der Waals surface area contributed by atoms with Gasteiger partial charge in [-0.3, -0.25) is 4.79 Å². The summed E-state index contributed by atoms with van der Waals surface area (Å²) in [5.41, 5.74) is 1.89. The monoisotopic (exact) mass is 362 g/mol. The molecule has 5 heteroatoms. The predicted octanol–water partition coefficient (Wildman–Crippen LogP) is 3.80. The molecular formula is C19H20Cl2N2O. The topological polar surface area (TPSA) is 41.1 Å². The molecule has 1 aliphatic heterocycles. The lowest BCUT2D eigenvalue weighted by atomic mass is 9.77. The van der Waals surface area contributed by atoms with Gasteiger partial charge in [-0.1, -0.05) is 59.6 Å². The van der Waals surface area contributed by atoms with E-state index < -0.39 is 0 Å². The van der Waals surface area contributed by atoms with E-state index in [0.717, 1.165) is 18.5 Å². The van der Waals surface area contributed by atoms with E-state index in [2.05, 4.69) is 22.8 Å². The molecule has 2 N–H and O–H groups in total. The molecule has 2 aromatic carbocycles. The number of rotatable bonds is 4. The van der Waals surface area contributed by atoms with E-state index in [9.17, 15) is 4.79 Å². The molecule has 1 heterocycles. The van der Waals surface area contributed by atoms with E-state index in [0.29, 0.717) is 16.6 Å². The molecule has 3 nitrogen and oxygen atoms in total. The lowest BCUT2D eigenvalue weighted by Gasteiger charge is -2.36. The lowest BCUT2D eigenvalue weighted by Crippen LogP contribution is -2.54. The van der Waals surface area contributed by atoms with Gasteiger partial charge >= 0.3 is 0 Å². The van der Waals surface area contributed by atoms with Crippen molar-refractivity contribution in [1.82, 2.24) is 10.6 Å². The maximum atomic E-state index is 11.9. The smallest absolute Gasteiger partial charge is 0.217 e. The second-order valence-electron chi connectivity index (χ2n) is 6.36. The van der Waals surface area contributed by atoms with Gasteiger partial charge in [-0.05, 0) is 29.7 Å². The summed E-state index contributed by atoms with van der Waals surface area (Å²) in [7, 11) is 0. The van der Waals surface area contributed by atoms with Crippen molar-refractivity contribution in [3.05, 3.63) is 69.7 Å². The Morgan fingerprint density at radius 2 is 1.96 bits per heavy atom. The lowest BCUT2D eigenvalue weighted by molar-refractivity contribution is -0.120. The van der Waals surface area contributed by atoms with Crippen molar-refractivity contribution in [3.63, 3.8) is 0 Å². The third-order valence-electron chi connectivity index (χ3n) is 4.59. The van der Waals surface area contributed by atoms with Crippen LogP contribution in [0.3, 0.4) is 0 Å². The minimum absolute atomic E-state index is 0.0281. The van der Waals surface area contributed by atoms with Crippen LogP contribution in [0.15, 0.2) is 48.5 Å². The zero-order valence-corrected chi connectivity index (χ0v) is 15.0.